The van der Waals surface area contributed by atoms with Crippen LogP contribution in [0.5, 0.6) is 5.88 Å². The summed E-state index contributed by atoms with van der Waals surface area (Å²) in [6.45, 7) is 3.73. The highest BCUT2D eigenvalue weighted by atomic mass is 16.5. The predicted molar refractivity (Wildman–Crippen MR) is 78.9 cm³/mol. The van der Waals surface area contributed by atoms with Gasteiger partial charge >= 0.3 is 0 Å². The molecule has 0 amide bonds. The maximum absolute atomic E-state index is 12.5. The van der Waals surface area contributed by atoms with E-state index in [0.29, 0.717) is 22.8 Å². The van der Waals surface area contributed by atoms with Gasteiger partial charge in [0.2, 0.25) is 11.7 Å². The van der Waals surface area contributed by atoms with Crippen LogP contribution in [0.2, 0.25) is 0 Å². The van der Waals surface area contributed by atoms with Crippen LogP contribution in [0, 0.1) is 13.8 Å². The number of imidazole rings is 1. The fourth-order valence-electron chi connectivity index (χ4n) is 2.32. The molecule has 0 bridgehead atoms. The normalized spacial score (nSPS) is 10.8. The quantitative estimate of drug-likeness (QED) is 0.692. The second kappa shape index (κ2) is 5.01. The van der Waals surface area contributed by atoms with Crippen LogP contribution < -0.4 is 4.74 Å². The van der Waals surface area contributed by atoms with Gasteiger partial charge in [0.25, 0.3) is 0 Å². The van der Waals surface area contributed by atoms with Gasteiger partial charge in [-0.2, -0.15) is 4.98 Å². The first-order chi connectivity index (χ1) is 10.1. The molecular weight excluding hydrogens is 266 g/mol. The second-order valence-corrected chi connectivity index (χ2v) is 4.81. The molecule has 5 heteroatoms. The summed E-state index contributed by atoms with van der Waals surface area (Å²) in [7, 11) is 1.57. The molecule has 106 valence electrons. The van der Waals surface area contributed by atoms with Crippen LogP contribution in [-0.4, -0.2) is 27.3 Å². The van der Waals surface area contributed by atoms with Crippen LogP contribution >= 0.6 is 0 Å². The molecule has 0 radical (unpaired) electrons. The van der Waals surface area contributed by atoms with Crippen molar-refractivity contribution in [3.8, 4) is 5.88 Å². The van der Waals surface area contributed by atoms with E-state index in [0.717, 1.165) is 11.4 Å². The highest BCUT2D eigenvalue weighted by molar-refractivity contribution is 6.08. The van der Waals surface area contributed by atoms with Crippen molar-refractivity contribution in [1.82, 2.24) is 14.4 Å². The van der Waals surface area contributed by atoms with Gasteiger partial charge in [-0.05, 0) is 13.8 Å². The average Bonchev–Trinajstić information content (AvgIpc) is 2.97. The third-order valence-corrected chi connectivity index (χ3v) is 3.44. The summed E-state index contributed by atoms with van der Waals surface area (Å²) >= 11 is 0. The lowest BCUT2D eigenvalue weighted by molar-refractivity contribution is 0.103. The van der Waals surface area contributed by atoms with Crippen molar-refractivity contribution in [1.29, 1.82) is 0 Å². The van der Waals surface area contributed by atoms with Gasteiger partial charge in [-0.3, -0.25) is 9.20 Å². The summed E-state index contributed by atoms with van der Waals surface area (Å²) in [6, 6.07) is 9.12. The Morgan fingerprint density at radius 1 is 1.14 bits per heavy atom. The molecule has 0 atom stereocenters. The Labute approximate surface area is 122 Å². The van der Waals surface area contributed by atoms with Crippen LogP contribution in [0.15, 0.2) is 36.5 Å². The van der Waals surface area contributed by atoms with E-state index in [1.165, 1.54) is 0 Å². The Bertz CT molecular complexity index is 822. The standard InChI is InChI=1S/C16H15N3O2/c1-10-15-18-13(14(20)12-7-5-4-6-8-12)9-19(15)11(2)17-16(10)21-3/h4-9H,1-3H3. The van der Waals surface area contributed by atoms with E-state index in [1.54, 1.807) is 25.4 Å². The molecule has 0 aliphatic carbocycles. The maximum atomic E-state index is 12.5. The van der Waals surface area contributed by atoms with Crippen LogP contribution in [0.1, 0.15) is 27.4 Å². The molecule has 2 aromatic heterocycles. The molecule has 0 unspecified atom stereocenters. The average molecular weight is 281 g/mol. The lowest BCUT2D eigenvalue weighted by Gasteiger charge is -2.06. The smallest absolute Gasteiger partial charge is 0.221 e. The summed E-state index contributed by atoms with van der Waals surface area (Å²) < 4.78 is 7.05. The number of rotatable bonds is 3. The minimum atomic E-state index is -0.0999. The fraction of sp³-hybridized carbons (Fsp3) is 0.188. The number of nitrogens with zero attached hydrogens (tertiary/aromatic N) is 3. The number of hydrogen-bond acceptors (Lipinski definition) is 4. The molecule has 0 aliphatic rings. The van der Waals surface area contributed by atoms with Gasteiger partial charge in [0, 0.05) is 11.8 Å². The number of carbonyl (C=O) groups is 1. The SMILES string of the molecule is COc1nc(C)n2cc(C(=O)c3ccccc3)nc2c1C. The predicted octanol–water partition coefficient (Wildman–Crippen LogP) is 2.59. The van der Waals surface area contributed by atoms with E-state index in [4.69, 9.17) is 4.74 Å². The summed E-state index contributed by atoms with van der Waals surface area (Å²) in [5.74, 6) is 1.16. The van der Waals surface area contributed by atoms with Crippen molar-refractivity contribution < 1.29 is 9.53 Å². The summed E-state index contributed by atoms with van der Waals surface area (Å²) in [4.78, 5) is 21.3. The Kier molecular flexibility index (Phi) is 3.17. The molecule has 3 aromatic rings. The van der Waals surface area contributed by atoms with Gasteiger partial charge in [0.1, 0.15) is 17.2 Å². The first-order valence-electron chi connectivity index (χ1n) is 6.62. The lowest BCUT2D eigenvalue weighted by Crippen LogP contribution is -2.00. The van der Waals surface area contributed by atoms with Crippen LogP contribution in [0.25, 0.3) is 5.65 Å². The summed E-state index contributed by atoms with van der Waals surface area (Å²) in [5, 5.41) is 0. The van der Waals surface area contributed by atoms with Gasteiger partial charge < -0.3 is 4.74 Å². The van der Waals surface area contributed by atoms with Crippen molar-refractivity contribution in [3.05, 3.63) is 59.2 Å². The van der Waals surface area contributed by atoms with Crippen molar-refractivity contribution in [2.24, 2.45) is 0 Å². The molecule has 5 nitrogen and oxygen atoms in total. The van der Waals surface area contributed by atoms with Gasteiger partial charge in [0.15, 0.2) is 0 Å². The van der Waals surface area contributed by atoms with Gasteiger partial charge in [-0.25, -0.2) is 4.98 Å². The minimum Gasteiger partial charge on any atom is -0.481 e. The Morgan fingerprint density at radius 2 is 1.86 bits per heavy atom. The first-order valence-corrected chi connectivity index (χ1v) is 6.62. The van der Waals surface area contributed by atoms with Crippen molar-refractivity contribution in [2.45, 2.75) is 13.8 Å². The molecule has 0 fully saturated rings. The number of ether oxygens (including phenoxy) is 1. The van der Waals surface area contributed by atoms with E-state index in [1.807, 2.05) is 36.4 Å². The fourth-order valence-corrected chi connectivity index (χ4v) is 2.32. The second-order valence-electron chi connectivity index (χ2n) is 4.81. The number of aryl methyl sites for hydroxylation is 2. The molecule has 0 aliphatic heterocycles. The molecule has 3 rings (SSSR count). The first kappa shape index (κ1) is 13.3. The van der Waals surface area contributed by atoms with Gasteiger partial charge in [-0.1, -0.05) is 30.3 Å². The maximum Gasteiger partial charge on any atom is 0.221 e. The Morgan fingerprint density at radius 3 is 2.52 bits per heavy atom. The molecule has 2 heterocycles. The molecule has 0 N–H and O–H groups in total. The number of fused-ring (bicyclic) bond motifs is 1. The highest BCUT2D eigenvalue weighted by Gasteiger charge is 2.17. The van der Waals surface area contributed by atoms with E-state index in [2.05, 4.69) is 9.97 Å². The molecule has 21 heavy (non-hydrogen) atoms. The molecule has 1 aromatic carbocycles. The van der Waals surface area contributed by atoms with E-state index >= 15 is 0 Å². The number of aromatic nitrogens is 3. The Balaban J connectivity index is 2.16. The largest absolute Gasteiger partial charge is 0.481 e. The van der Waals surface area contributed by atoms with E-state index in [-0.39, 0.29) is 5.78 Å². The molecule has 0 spiro atoms. The van der Waals surface area contributed by atoms with Gasteiger partial charge in [-0.15, -0.1) is 0 Å². The minimum absolute atomic E-state index is 0.0999. The van der Waals surface area contributed by atoms with Crippen molar-refractivity contribution in [3.63, 3.8) is 0 Å². The summed E-state index contributed by atoms with van der Waals surface area (Å²) in [5.41, 5.74) is 2.53. The number of carbonyl (C=O) groups excluding carboxylic acids is 1. The monoisotopic (exact) mass is 281 g/mol. The van der Waals surface area contributed by atoms with Crippen LogP contribution in [-0.2, 0) is 0 Å². The third kappa shape index (κ3) is 2.16. The zero-order valence-corrected chi connectivity index (χ0v) is 12.1. The van der Waals surface area contributed by atoms with Crippen molar-refractivity contribution in [2.75, 3.05) is 7.11 Å². The number of benzene rings is 1. The van der Waals surface area contributed by atoms with E-state index in [9.17, 15) is 4.79 Å². The summed E-state index contributed by atoms with van der Waals surface area (Å²) in [6.07, 6.45) is 1.72. The van der Waals surface area contributed by atoms with Crippen LogP contribution in [0.4, 0.5) is 0 Å². The third-order valence-electron chi connectivity index (χ3n) is 3.44. The zero-order valence-electron chi connectivity index (χ0n) is 12.1. The van der Waals surface area contributed by atoms with Gasteiger partial charge in [0.05, 0.1) is 12.7 Å². The van der Waals surface area contributed by atoms with Crippen LogP contribution in [0.3, 0.4) is 0 Å². The highest BCUT2D eigenvalue weighted by Crippen LogP contribution is 2.21. The lowest BCUT2D eigenvalue weighted by atomic mass is 10.1. The number of methoxy groups -OCH3 is 1. The number of ketones is 1. The van der Waals surface area contributed by atoms with Crippen molar-refractivity contribution >= 4 is 11.4 Å². The zero-order chi connectivity index (χ0) is 15.0. The Hall–Kier alpha value is -2.69. The molecular formula is C16H15N3O2. The molecule has 0 saturated heterocycles. The topological polar surface area (TPSA) is 56.5 Å². The number of hydrogen-bond donors (Lipinski definition) is 0. The molecule has 0 saturated carbocycles. The van der Waals surface area contributed by atoms with E-state index < -0.39 is 0 Å².